The molecule has 1 unspecified atom stereocenters. The van der Waals surface area contributed by atoms with Gasteiger partial charge >= 0.3 is 0 Å². The van der Waals surface area contributed by atoms with Gasteiger partial charge in [-0.2, -0.15) is 0 Å². The molecule has 0 bridgehead atoms. The number of para-hydroxylation sites is 1. The number of nitrogens with zero attached hydrogens (tertiary/aromatic N) is 4. The van der Waals surface area contributed by atoms with Crippen LogP contribution in [-0.2, 0) is 16.1 Å². The third kappa shape index (κ3) is 6.83. The molecular formula is C23H37N5O3. The first-order valence-corrected chi connectivity index (χ1v) is 11.4. The highest BCUT2D eigenvalue weighted by molar-refractivity contribution is 5.83. The van der Waals surface area contributed by atoms with E-state index in [9.17, 15) is 4.79 Å². The van der Waals surface area contributed by atoms with E-state index in [0.717, 1.165) is 56.3 Å². The summed E-state index contributed by atoms with van der Waals surface area (Å²) in [7, 11) is 4.08. The van der Waals surface area contributed by atoms with Crippen LogP contribution in [0.25, 0.3) is 0 Å². The average Bonchev–Trinajstić information content (AvgIpc) is 3.32. The van der Waals surface area contributed by atoms with Gasteiger partial charge in [0.1, 0.15) is 18.5 Å². The van der Waals surface area contributed by atoms with E-state index in [1.165, 1.54) is 0 Å². The van der Waals surface area contributed by atoms with Gasteiger partial charge in [0.25, 0.3) is 5.91 Å². The van der Waals surface area contributed by atoms with Crippen molar-refractivity contribution in [2.75, 3.05) is 66.6 Å². The Bertz CT molecular complexity index is 726. The van der Waals surface area contributed by atoms with Crippen LogP contribution in [-0.4, -0.2) is 99.2 Å². The number of nitrogens with one attached hydrogen (secondary N) is 1. The van der Waals surface area contributed by atoms with Gasteiger partial charge in [-0.1, -0.05) is 18.2 Å². The second-order valence-corrected chi connectivity index (χ2v) is 8.24. The summed E-state index contributed by atoms with van der Waals surface area (Å²) < 4.78 is 11.5. The highest BCUT2D eigenvalue weighted by Gasteiger charge is 2.30. The number of ether oxygens (including phenoxy) is 2. The highest BCUT2D eigenvalue weighted by atomic mass is 16.5. The van der Waals surface area contributed by atoms with E-state index in [2.05, 4.69) is 28.1 Å². The number of aliphatic imine (C=N–C) groups is 1. The molecule has 1 N–H and O–H groups in total. The fraction of sp³-hybridized carbons (Fsp3) is 0.652. The van der Waals surface area contributed by atoms with Crippen molar-refractivity contribution in [3.63, 3.8) is 0 Å². The lowest BCUT2D eigenvalue weighted by Gasteiger charge is -2.37. The predicted octanol–water partition coefficient (Wildman–Crippen LogP) is 1.42. The van der Waals surface area contributed by atoms with E-state index < -0.39 is 0 Å². The number of piperazine rings is 1. The minimum absolute atomic E-state index is 0.142. The molecule has 8 nitrogen and oxygen atoms in total. The van der Waals surface area contributed by atoms with Crippen LogP contribution in [0.15, 0.2) is 29.3 Å². The molecule has 0 aliphatic carbocycles. The molecule has 2 heterocycles. The normalized spacial score (nSPS) is 19.7. The van der Waals surface area contributed by atoms with Crippen LogP contribution in [0, 0.1) is 0 Å². The Morgan fingerprint density at radius 1 is 1.23 bits per heavy atom. The van der Waals surface area contributed by atoms with Crippen LogP contribution >= 0.6 is 0 Å². The monoisotopic (exact) mass is 431 g/mol. The third-order valence-electron chi connectivity index (χ3n) is 5.60. The average molecular weight is 432 g/mol. The van der Waals surface area contributed by atoms with Crippen LogP contribution < -0.4 is 10.1 Å². The summed E-state index contributed by atoms with van der Waals surface area (Å²) in [4.78, 5) is 23.7. The lowest BCUT2D eigenvalue weighted by atomic mass is 10.2. The quantitative estimate of drug-likeness (QED) is 0.496. The molecule has 0 saturated carbocycles. The number of carbonyl (C=O) groups excluding carboxylic acids is 1. The number of hydrogen-bond acceptors (Lipinski definition) is 5. The van der Waals surface area contributed by atoms with Crippen LogP contribution in [0.1, 0.15) is 25.3 Å². The summed E-state index contributed by atoms with van der Waals surface area (Å²) in [5.74, 6) is 1.91. The Labute approximate surface area is 186 Å². The zero-order valence-corrected chi connectivity index (χ0v) is 19.2. The molecule has 1 atom stereocenters. The smallest absolute Gasteiger partial charge is 0.251 e. The number of carbonyl (C=O) groups is 1. The Hall–Kier alpha value is -2.32. The number of rotatable bonds is 8. The van der Waals surface area contributed by atoms with E-state index in [0.29, 0.717) is 32.8 Å². The first-order chi connectivity index (χ1) is 15.1. The first-order valence-electron chi connectivity index (χ1n) is 11.4. The van der Waals surface area contributed by atoms with E-state index in [1.54, 1.807) is 0 Å². The maximum atomic E-state index is 12.6. The summed E-state index contributed by atoms with van der Waals surface area (Å²) in [5, 5.41) is 3.40. The summed E-state index contributed by atoms with van der Waals surface area (Å²) in [6.45, 7) is 8.59. The number of amides is 1. The molecule has 2 saturated heterocycles. The van der Waals surface area contributed by atoms with Crippen molar-refractivity contribution >= 4 is 11.9 Å². The zero-order valence-electron chi connectivity index (χ0n) is 19.2. The molecule has 1 aromatic carbocycles. The fourth-order valence-corrected chi connectivity index (χ4v) is 3.81. The van der Waals surface area contributed by atoms with Crippen molar-refractivity contribution in [2.45, 2.75) is 32.4 Å². The van der Waals surface area contributed by atoms with Gasteiger partial charge in [0.2, 0.25) is 0 Å². The molecule has 3 rings (SSSR count). The first kappa shape index (κ1) is 23.3. The van der Waals surface area contributed by atoms with Crippen LogP contribution in [0.2, 0.25) is 0 Å². The minimum atomic E-state index is -0.238. The molecule has 0 radical (unpaired) electrons. The zero-order chi connectivity index (χ0) is 22.1. The molecule has 2 aliphatic heterocycles. The highest BCUT2D eigenvalue weighted by Crippen LogP contribution is 2.19. The summed E-state index contributed by atoms with van der Waals surface area (Å²) >= 11 is 0. The van der Waals surface area contributed by atoms with Crippen molar-refractivity contribution in [3.8, 4) is 5.75 Å². The van der Waals surface area contributed by atoms with Crippen molar-refractivity contribution in [1.29, 1.82) is 0 Å². The standard InChI is InChI=1S/C23H37N5O3/c1-4-24-23(25-18-19-8-5-6-9-20(19)31-17-15-26(2)3)28-13-11-27(12-14-28)22(29)21-10-7-16-30-21/h5-6,8-9,21H,4,7,10-18H2,1-3H3,(H,24,25). The van der Waals surface area contributed by atoms with Crippen LogP contribution in [0.5, 0.6) is 5.75 Å². The van der Waals surface area contributed by atoms with Crippen molar-refractivity contribution < 1.29 is 14.3 Å². The molecule has 0 aromatic heterocycles. The van der Waals surface area contributed by atoms with Crippen LogP contribution in [0.4, 0.5) is 0 Å². The molecule has 0 spiro atoms. The summed E-state index contributed by atoms with van der Waals surface area (Å²) in [6, 6.07) is 8.08. The summed E-state index contributed by atoms with van der Waals surface area (Å²) in [6.07, 6.45) is 1.59. The fourth-order valence-electron chi connectivity index (χ4n) is 3.81. The van der Waals surface area contributed by atoms with Crippen molar-refractivity contribution in [2.24, 2.45) is 4.99 Å². The molecule has 31 heavy (non-hydrogen) atoms. The van der Waals surface area contributed by atoms with Gasteiger partial charge in [-0.25, -0.2) is 4.99 Å². The molecule has 1 amide bonds. The maximum absolute atomic E-state index is 12.6. The molecular weight excluding hydrogens is 394 g/mol. The topological polar surface area (TPSA) is 69.6 Å². The number of likely N-dealkylation sites (N-methyl/N-ethyl adjacent to an activating group) is 1. The minimum Gasteiger partial charge on any atom is -0.492 e. The summed E-state index contributed by atoms with van der Waals surface area (Å²) in [5.41, 5.74) is 1.07. The van der Waals surface area contributed by atoms with Gasteiger partial charge in [0, 0.05) is 51.4 Å². The van der Waals surface area contributed by atoms with Crippen molar-refractivity contribution in [3.05, 3.63) is 29.8 Å². The molecule has 172 valence electrons. The van der Waals surface area contributed by atoms with E-state index in [4.69, 9.17) is 14.5 Å². The Morgan fingerprint density at radius 2 is 1.97 bits per heavy atom. The Kier molecular flexibility index (Phi) is 8.97. The lowest BCUT2D eigenvalue weighted by Crippen LogP contribution is -2.55. The Balaban J connectivity index is 1.58. The second kappa shape index (κ2) is 11.9. The second-order valence-electron chi connectivity index (χ2n) is 8.24. The number of benzene rings is 1. The third-order valence-corrected chi connectivity index (χ3v) is 5.60. The molecule has 2 aliphatic rings. The van der Waals surface area contributed by atoms with Gasteiger partial charge in [0.05, 0.1) is 6.54 Å². The van der Waals surface area contributed by atoms with Gasteiger partial charge in [-0.3, -0.25) is 4.79 Å². The molecule has 2 fully saturated rings. The van der Waals surface area contributed by atoms with Gasteiger partial charge in [-0.05, 0) is 39.9 Å². The predicted molar refractivity (Wildman–Crippen MR) is 122 cm³/mol. The van der Waals surface area contributed by atoms with Crippen molar-refractivity contribution in [1.82, 2.24) is 20.0 Å². The van der Waals surface area contributed by atoms with E-state index in [1.807, 2.05) is 37.2 Å². The number of guanidine groups is 1. The lowest BCUT2D eigenvalue weighted by molar-refractivity contribution is -0.142. The SMILES string of the molecule is CCNC(=NCc1ccccc1OCCN(C)C)N1CCN(C(=O)C2CCCO2)CC1. The Morgan fingerprint density at radius 3 is 2.65 bits per heavy atom. The van der Waals surface area contributed by atoms with Gasteiger partial charge in [-0.15, -0.1) is 0 Å². The molecule has 1 aromatic rings. The van der Waals surface area contributed by atoms with E-state index in [-0.39, 0.29) is 12.0 Å². The van der Waals surface area contributed by atoms with Gasteiger partial charge in [0.15, 0.2) is 5.96 Å². The number of hydrogen-bond donors (Lipinski definition) is 1. The van der Waals surface area contributed by atoms with E-state index >= 15 is 0 Å². The van der Waals surface area contributed by atoms with Crippen LogP contribution in [0.3, 0.4) is 0 Å². The van der Waals surface area contributed by atoms with Gasteiger partial charge < -0.3 is 29.5 Å². The maximum Gasteiger partial charge on any atom is 0.251 e. The molecule has 8 heteroatoms. The largest absolute Gasteiger partial charge is 0.492 e.